The lowest BCUT2D eigenvalue weighted by molar-refractivity contribution is -0.0443. The SMILES string of the molecule is C[C@H]1CN(S(=O)(=O)NCCNS(C)(=O)=O)C[C@H](C)O1. The zero-order chi connectivity index (χ0) is 14.7. The topological polar surface area (TPSA) is 105 Å². The van der Waals surface area contributed by atoms with E-state index in [-0.39, 0.29) is 25.3 Å². The molecule has 1 fully saturated rings. The molecule has 0 saturated carbocycles. The van der Waals surface area contributed by atoms with Crippen molar-refractivity contribution in [2.24, 2.45) is 0 Å². The van der Waals surface area contributed by atoms with Crippen LogP contribution in [0, 0.1) is 0 Å². The number of nitrogens with one attached hydrogen (secondary N) is 2. The van der Waals surface area contributed by atoms with Gasteiger partial charge in [0.1, 0.15) is 0 Å². The molecule has 0 aliphatic carbocycles. The molecule has 0 unspecified atom stereocenters. The zero-order valence-corrected chi connectivity index (χ0v) is 12.9. The molecular formula is C9H21N3O5S2. The molecule has 0 aromatic heterocycles. The van der Waals surface area contributed by atoms with Crippen LogP contribution >= 0.6 is 0 Å². The predicted molar refractivity (Wildman–Crippen MR) is 71.4 cm³/mol. The molecule has 1 aliphatic heterocycles. The fraction of sp³-hybridized carbons (Fsp3) is 1.00. The van der Waals surface area contributed by atoms with Gasteiger partial charge >= 0.3 is 0 Å². The summed E-state index contributed by atoms with van der Waals surface area (Å²) in [5.41, 5.74) is 0. The van der Waals surface area contributed by atoms with E-state index in [1.54, 1.807) is 0 Å². The molecule has 10 heteroatoms. The number of rotatable bonds is 6. The Balaban J connectivity index is 2.47. The fourth-order valence-electron chi connectivity index (χ4n) is 1.83. The van der Waals surface area contributed by atoms with Gasteiger partial charge in [0.2, 0.25) is 10.0 Å². The molecule has 2 atom stereocenters. The molecule has 114 valence electrons. The van der Waals surface area contributed by atoms with Crippen LogP contribution in [0.15, 0.2) is 0 Å². The lowest BCUT2D eigenvalue weighted by atomic mass is 10.3. The Morgan fingerprint density at radius 3 is 2.00 bits per heavy atom. The normalized spacial score (nSPS) is 26.5. The van der Waals surface area contributed by atoms with Gasteiger partial charge in [-0.1, -0.05) is 0 Å². The number of hydrogen-bond acceptors (Lipinski definition) is 5. The number of hydrogen-bond donors (Lipinski definition) is 2. The van der Waals surface area contributed by atoms with Gasteiger partial charge in [-0.2, -0.15) is 12.7 Å². The van der Waals surface area contributed by atoms with Gasteiger partial charge in [0.05, 0.1) is 18.5 Å². The summed E-state index contributed by atoms with van der Waals surface area (Å²) in [6.07, 6.45) is 0.705. The van der Waals surface area contributed by atoms with Crippen LogP contribution in [0.4, 0.5) is 0 Å². The summed E-state index contributed by atoms with van der Waals surface area (Å²) < 4.78 is 57.0. The highest BCUT2D eigenvalue weighted by Crippen LogP contribution is 2.13. The van der Waals surface area contributed by atoms with E-state index in [2.05, 4.69) is 9.44 Å². The molecule has 2 N–H and O–H groups in total. The third-order valence-electron chi connectivity index (χ3n) is 2.50. The van der Waals surface area contributed by atoms with E-state index >= 15 is 0 Å². The zero-order valence-electron chi connectivity index (χ0n) is 11.3. The molecule has 0 amide bonds. The Hall–Kier alpha value is -0.260. The predicted octanol–water partition coefficient (Wildman–Crippen LogP) is -1.52. The first-order chi connectivity index (χ1) is 8.60. The Morgan fingerprint density at radius 1 is 1.05 bits per heavy atom. The number of ether oxygens (including phenoxy) is 1. The summed E-state index contributed by atoms with van der Waals surface area (Å²) in [6.45, 7) is 4.23. The lowest BCUT2D eigenvalue weighted by Crippen LogP contribution is -2.52. The highest BCUT2D eigenvalue weighted by molar-refractivity contribution is 7.88. The average molecular weight is 315 g/mol. The third kappa shape index (κ3) is 6.15. The van der Waals surface area contributed by atoms with Gasteiger partial charge < -0.3 is 4.74 Å². The van der Waals surface area contributed by atoms with Crippen molar-refractivity contribution in [3.63, 3.8) is 0 Å². The van der Waals surface area contributed by atoms with Crippen LogP contribution in [0.25, 0.3) is 0 Å². The van der Waals surface area contributed by atoms with Crippen LogP contribution < -0.4 is 9.44 Å². The van der Waals surface area contributed by atoms with Crippen LogP contribution in [-0.4, -0.2) is 65.8 Å². The summed E-state index contributed by atoms with van der Waals surface area (Å²) in [5.74, 6) is 0. The van der Waals surface area contributed by atoms with Crippen molar-refractivity contribution in [2.75, 3.05) is 32.4 Å². The highest BCUT2D eigenvalue weighted by Gasteiger charge is 2.30. The molecule has 8 nitrogen and oxygen atoms in total. The third-order valence-corrected chi connectivity index (χ3v) is 4.78. The molecule has 0 radical (unpaired) electrons. The van der Waals surface area contributed by atoms with Gasteiger partial charge in [0.25, 0.3) is 10.2 Å². The van der Waals surface area contributed by atoms with Crippen molar-refractivity contribution in [2.45, 2.75) is 26.1 Å². The minimum absolute atomic E-state index is 0.00945. The maximum absolute atomic E-state index is 12.0. The first-order valence-electron chi connectivity index (χ1n) is 5.95. The van der Waals surface area contributed by atoms with Crippen molar-refractivity contribution in [3.8, 4) is 0 Å². The minimum Gasteiger partial charge on any atom is -0.373 e. The van der Waals surface area contributed by atoms with Gasteiger partial charge in [-0.25, -0.2) is 17.9 Å². The van der Waals surface area contributed by atoms with E-state index in [1.807, 2.05) is 13.8 Å². The van der Waals surface area contributed by atoms with Crippen molar-refractivity contribution in [1.82, 2.24) is 13.7 Å². The Morgan fingerprint density at radius 2 is 1.53 bits per heavy atom. The largest absolute Gasteiger partial charge is 0.373 e. The molecule has 1 rings (SSSR count). The fourth-order valence-corrected chi connectivity index (χ4v) is 3.66. The summed E-state index contributed by atoms with van der Waals surface area (Å²) >= 11 is 0. The van der Waals surface area contributed by atoms with Crippen LogP contribution in [0.3, 0.4) is 0 Å². The molecule has 19 heavy (non-hydrogen) atoms. The van der Waals surface area contributed by atoms with E-state index in [0.29, 0.717) is 13.1 Å². The van der Waals surface area contributed by atoms with E-state index in [1.165, 1.54) is 4.31 Å². The van der Waals surface area contributed by atoms with Gasteiger partial charge in [-0.3, -0.25) is 0 Å². The average Bonchev–Trinajstić information content (AvgIpc) is 2.22. The van der Waals surface area contributed by atoms with Crippen molar-refractivity contribution < 1.29 is 21.6 Å². The van der Waals surface area contributed by atoms with E-state index in [0.717, 1.165) is 6.26 Å². The van der Waals surface area contributed by atoms with Crippen LogP contribution in [0.5, 0.6) is 0 Å². The van der Waals surface area contributed by atoms with E-state index < -0.39 is 20.2 Å². The number of nitrogens with zero attached hydrogens (tertiary/aromatic N) is 1. The molecule has 0 aromatic carbocycles. The van der Waals surface area contributed by atoms with Crippen LogP contribution in [0.1, 0.15) is 13.8 Å². The molecule has 1 saturated heterocycles. The first-order valence-corrected chi connectivity index (χ1v) is 9.28. The summed E-state index contributed by atoms with van der Waals surface area (Å²) in [7, 11) is -6.90. The maximum atomic E-state index is 12.0. The van der Waals surface area contributed by atoms with Crippen molar-refractivity contribution in [3.05, 3.63) is 0 Å². The Labute approximate surface area is 114 Å². The van der Waals surface area contributed by atoms with Crippen LogP contribution in [0.2, 0.25) is 0 Å². The summed E-state index contributed by atoms with van der Waals surface area (Å²) in [4.78, 5) is 0. The Bertz CT molecular complexity index is 480. The molecule has 0 spiro atoms. The molecule has 0 aromatic rings. The molecular weight excluding hydrogens is 294 g/mol. The maximum Gasteiger partial charge on any atom is 0.279 e. The van der Waals surface area contributed by atoms with Crippen molar-refractivity contribution in [1.29, 1.82) is 0 Å². The molecule has 0 bridgehead atoms. The molecule has 1 heterocycles. The first kappa shape index (κ1) is 16.8. The second kappa shape index (κ2) is 6.46. The minimum atomic E-state index is -3.60. The smallest absolute Gasteiger partial charge is 0.279 e. The second-order valence-electron chi connectivity index (χ2n) is 4.64. The second-order valence-corrected chi connectivity index (χ2v) is 8.23. The van der Waals surface area contributed by atoms with E-state index in [9.17, 15) is 16.8 Å². The van der Waals surface area contributed by atoms with Gasteiger partial charge in [0, 0.05) is 26.2 Å². The van der Waals surface area contributed by atoms with Crippen molar-refractivity contribution >= 4 is 20.2 Å². The lowest BCUT2D eigenvalue weighted by Gasteiger charge is -2.34. The monoisotopic (exact) mass is 315 g/mol. The highest BCUT2D eigenvalue weighted by atomic mass is 32.2. The standard InChI is InChI=1S/C9H21N3O5S2/c1-8-6-12(7-9(2)17-8)19(15,16)11-5-4-10-18(3,13)14/h8-11H,4-7H2,1-3H3/t8-,9-/m0/s1. The van der Waals surface area contributed by atoms with Crippen LogP contribution in [-0.2, 0) is 25.0 Å². The molecule has 1 aliphatic rings. The summed E-state index contributed by atoms with van der Waals surface area (Å²) in [5, 5.41) is 0. The Kier molecular flexibility index (Phi) is 5.71. The van der Waals surface area contributed by atoms with Gasteiger partial charge in [-0.15, -0.1) is 0 Å². The quantitative estimate of drug-likeness (QED) is 0.579. The summed E-state index contributed by atoms with van der Waals surface area (Å²) in [6, 6.07) is 0. The van der Waals surface area contributed by atoms with Gasteiger partial charge in [-0.05, 0) is 13.8 Å². The van der Waals surface area contributed by atoms with Gasteiger partial charge in [0.15, 0.2) is 0 Å². The van der Waals surface area contributed by atoms with E-state index in [4.69, 9.17) is 4.74 Å². The number of sulfonamides is 1. The number of morpholine rings is 1.